The smallest absolute Gasteiger partial charge is 0.274 e. The number of nitrogens with two attached hydrogens (primary N) is 1. The van der Waals surface area contributed by atoms with Gasteiger partial charge < -0.3 is 10.6 Å². The fraction of sp³-hybridized carbons (Fsp3) is 0.667. The van der Waals surface area contributed by atoms with E-state index in [1.807, 2.05) is 0 Å². The Hall–Kier alpha value is -1.85. The van der Waals surface area contributed by atoms with Gasteiger partial charge in [0, 0.05) is 26.3 Å². The van der Waals surface area contributed by atoms with Crippen LogP contribution in [0.5, 0.6) is 0 Å². The van der Waals surface area contributed by atoms with Crippen LogP contribution in [0.4, 0.5) is 0 Å². The number of carbonyl (C=O) groups is 2. The molecule has 0 radical (unpaired) electrons. The molecule has 1 aliphatic carbocycles. The third-order valence-corrected chi connectivity index (χ3v) is 4.84. The predicted octanol–water partition coefficient (Wildman–Crippen LogP) is 0.928. The van der Waals surface area contributed by atoms with Crippen molar-refractivity contribution >= 4 is 11.8 Å². The van der Waals surface area contributed by atoms with Gasteiger partial charge in [-0.15, -0.1) is 0 Å². The van der Waals surface area contributed by atoms with E-state index >= 15 is 0 Å². The maximum absolute atomic E-state index is 12.4. The monoisotopic (exact) mass is 290 g/mol. The Labute approximate surface area is 124 Å². The van der Waals surface area contributed by atoms with Gasteiger partial charge in [0.2, 0.25) is 5.91 Å². The van der Waals surface area contributed by atoms with Crippen molar-refractivity contribution in [2.75, 3.05) is 13.1 Å². The summed E-state index contributed by atoms with van der Waals surface area (Å²) in [4.78, 5) is 26.0. The fourth-order valence-electron chi connectivity index (χ4n) is 3.25. The van der Waals surface area contributed by atoms with Crippen LogP contribution < -0.4 is 5.73 Å². The molecule has 1 aromatic rings. The largest absolute Gasteiger partial charge is 0.369 e. The van der Waals surface area contributed by atoms with Gasteiger partial charge in [0.25, 0.3) is 5.91 Å². The van der Waals surface area contributed by atoms with E-state index in [9.17, 15) is 9.59 Å². The maximum Gasteiger partial charge on any atom is 0.274 e. The SMILES string of the molecule is Cn1ccc(C(=O)N2CCC(CC3CC3)(C(N)=O)CC2)n1. The van der Waals surface area contributed by atoms with Crippen molar-refractivity contribution in [1.29, 1.82) is 0 Å². The molecule has 2 amide bonds. The van der Waals surface area contributed by atoms with E-state index in [1.54, 1.807) is 28.9 Å². The summed E-state index contributed by atoms with van der Waals surface area (Å²) in [6.45, 7) is 1.18. The molecule has 1 aliphatic heterocycles. The normalized spacial score (nSPS) is 21.3. The first-order valence-electron chi connectivity index (χ1n) is 7.59. The van der Waals surface area contributed by atoms with Crippen LogP contribution in [0, 0.1) is 11.3 Å². The number of nitrogens with zero attached hydrogens (tertiary/aromatic N) is 3. The van der Waals surface area contributed by atoms with Gasteiger partial charge in [-0.2, -0.15) is 5.10 Å². The van der Waals surface area contributed by atoms with Gasteiger partial charge in [-0.3, -0.25) is 14.3 Å². The lowest BCUT2D eigenvalue weighted by Gasteiger charge is -2.39. The number of amides is 2. The Bertz CT molecular complexity index is 554. The van der Waals surface area contributed by atoms with Gasteiger partial charge in [0.15, 0.2) is 0 Å². The van der Waals surface area contributed by atoms with Crippen molar-refractivity contribution in [3.63, 3.8) is 0 Å². The zero-order valence-electron chi connectivity index (χ0n) is 12.4. The quantitative estimate of drug-likeness (QED) is 0.895. The minimum atomic E-state index is -0.401. The molecule has 0 bridgehead atoms. The van der Waals surface area contributed by atoms with Crippen molar-refractivity contribution in [2.45, 2.75) is 32.1 Å². The number of hydrogen-bond acceptors (Lipinski definition) is 3. The fourth-order valence-corrected chi connectivity index (χ4v) is 3.25. The van der Waals surface area contributed by atoms with Crippen LogP contribution in [0.1, 0.15) is 42.6 Å². The van der Waals surface area contributed by atoms with Gasteiger partial charge in [0.05, 0.1) is 5.41 Å². The lowest BCUT2D eigenvalue weighted by atomic mass is 9.73. The molecule has 3 rings (SSSR count). The summed E-state index contributed by atoms with van der Waals surface area (Å²) in [7, 11) is 1.79. The van der Waals surface area contributed by atoms with Crippen molar-refractivity contribution in [3.05, 3.63) is 18.0 Å². The topological polar surface area (TPSA) is 81.2 Å². The number of primary amides is 1. The van der Waals surface area contributed by atoms with Crippen LogP contribution in [-0.2, 0) is 11.8 Å². The summed E-state index contributed by atoms with van der Waals surface area (Å²) in [6, 6.07) is 1.72. The summed E-state index contributed by atoms with van der Waals surface area (Å²) in [6.07, 6.45) is 6.44. The molecule has 1 saturated heterocycles. The molecule has 0 unspecified atom stereocenters. The van der Waals surface area contributed by atoms with Gasteiger partial charge in [-0.1, -0.05) is 12.8 Å². The van der Waals surface area contributed by atoms with Crippen molar-refractivity contribution in [2.24, 2.45) is 24.1 Å². The van der Waals surface area contributed by atoms with Crippen molar-refractivity contribution in [1.82, 2.24) is 14.7 Å². The molecule has 114 valence electrons. The molecule has 1 saturated carbocycles. The Kier molecular flexibility index (Phi) is 3.47. The molecular formula is C15H22N4O2. The highest BCUT2D eigenvalue weighted by molar-refractivity contribution is 5.92. The van der Waals surface area contributed by atoms with Gasteiger partial charge in [-0.25, -0.2) is 0 Å². The minimum Gasteiger partial charge on any atom is -0.369 e. The lowest BCUT2D eigenvalue weighted by molar-refractivity contribution is -0.131. The second kappa shape index (κ2) is 5.16. The Morgan fingerprint density at radius 3 is 2.52 bits per heavy atom. The minimum absolute atomic E-state index is 0.0555. The number of likely N-dealkylation sites (tertiary alicyclic amines) is 1. The van der Waals surface area contributed by atoms with Gasteiger partial charge in [0.1, 0.15) is 5.69 Å². The van der Waals surface area contributed by atoms with Gasteiger partial charge in [-0.05, 0) is 31.2 Å². The molecule has 2 fully saturated rings. The molecule has 2 heterocycles. The Balaban J connectivity index is 1.65. The van der Waals surface area contributed by atoms with Crippen LogP contribution in [0.25, 0.3) is 0 Å². The maximum atomic E-state index is 12.4. The molecule has 6 heteroatoms. The second-order valence-electron chi connectivity index (χ2n) is 6.46. The van der Waals surface area contributed by atoms with Crippen molar-refractivity contribution in [3.8, 4) is 0 Å². The molecule has 0 atom stereocenters. The molecule has 21 heavy (non-hydrogen) atoms. The second-order valence-corrected chi connectivity index (χ2v) is 6.46. The summed E-state index contributed by atoms with van der Waals surface area (Å²) >= 11 is 0. The van der Waals surface area contributed by atoms with Crippen LogP contribution in [0.15, 0.2) is 12.3 Å². The van der Waals surface area contributed by atoms with Crippen LogP contribution >= 0.6 is 0 Å². The number of aromatic nitrogens is 2. The number of carbonyl (C=O) groups excluding carboxylic acids is 2. The number of rotatable bonds is 4. The molecule has 1 aromatic heterocycles. The number of aryl methyl sites for hydroxylation is 1. The first kappa shape index (κ1) is 14.1. The molecule has 2 aliphatic rings. The first-order chi connectivity index (χ1) is 10.00. The molecule has 2 N–H and O–H groups in total. The third-order valence-electron chi connectivity index (χ3n) is 4.84. The van der Waals surface area contributed by atoms with E-state index in [1.165, 1.54) is 12.8 Å². The van der Waals surface area contributed by atoms with Gasteiger partial charge >= 0.3 is 0 Å². The first-order valence-corrected chi connectivity index (χ1v) is 7.59. The molecule has 0 aromatic carbocycles. The molecule has 6 nitrogen and oxygen atoms in total. The highest BCUT2D eigenvalue weighted by atomic mass is 16.2. The number of hydrogen-bond donors (Lipinski definition) is 1. The molecule has 0 spiro atoms. The highest BCUT2D eigenvalue weighted by Gasteiger charge is 2.44. The molecular weight excluding hydrogens is 268 g/mol. The average molecular weight is 290 g/mol. The Morgan fingerprint density at radius 2 is 2.05 bits per heavy atom. The standard InChI is InChI=1S/C15H22N4O2/c1-18-7-4-12(17-18)13(20)19-8-5-15(6-9-19,14(16)21)10-11-2-3-11/h4,7,11H,2-3,5-6,8-10H2,1H3,(H2,16,21). The number of piperidine rings is 1. The summed E-state index contributed by atoms with van der Waals surface area (Å²) < 4.78 is 1.62. The van der Waals surface area contributed by atoms with Crippen LogP contribution in [0.2, 0.25) is 0 Å². The van der Waals surface area contributed by atoms with Crippen molar-refractivity contribution < 1.29 is 9.59 Å². The van der Waals surface area contributed by atoms with E-state index in [0.29, 0.717) is 37.5 Å². The van der Waals surface area contributed by atoms with Crippen LogP contribution in [-0.4, -0.2) is 39.6 Å². The zero-order chi connectivity index (χ0) is 15.0. The average Bonchev–Trinajstić information content (AvgIpc) is 3.17. The van der Waals surface area contributed by atoms with E-state index < -0.39 is 5.41 Å². The summed E-state index contributed by atoms with van der Waals surface area (Å²) in [5.41, 5.74) is 5.72. The zero-order valence-corrected chi connectivity index (χ0v) is 12.4. The van der Waals surface area contributed by atoms with E-state index in [-0.39, 0.29) is 11.8 Å². The Morgan fingerprint density at radius 1 is 1.38 bits per heavy atom. The highest BCUT2D eigenvalue weighted by Crippen LogP contribution is 2.45. The lowest BCUT2D eigenvalue weighted by Crippen LogP contribution is -2.49. The van der Waals surface area contributed by atoms with E-state index in [0.717, 1.165) is 6.42 Å². The van der Waals surface area contributed by atoms with E-state index in [4.69, 9.17) is 5.73 Å². The van der Waals surface area contributed by atoms with Crippen LogP contribution in [0.3, 0.4) is 0 Å². The predicted molar refractivity (Wildman–Crippen MR) is 77.3 cm³/mol. The summed E-state index contributed by atoms with van der Waals surface area (Å²) in [5, 5.41) is 4.15. The third kappa shape index (κ3) is 2.80. The summed E-state index contributed by atoms with van der Waals surface area (Å²) in [5.74, 6) is 0.412. The van der Waals surface area contributed by atoms with E-state index in [2.05, 4.69) is 5.10 Å².